The van der Waals surface area contributed by atoms with Crippen LogP contribution >= 0.6 is 0 Å². The summed E-state index contributed by atoms with van der Waals surface area (Å²) in [5.41, 5.74) is 1.63. The van der Waals surface area contributed by atoms with Gasteiger partial charge in [0.2, 0.25) is 5.91 Å². The predicted molar refractivity (Wildman–Crippen MR) is 113 cm³/mol. The Hall–Kier alpha value is -3.15. The maximum absolute atomic E-state index is 13.3. The fraction of sp³-hybridized carbons (Fsp3) is 0.375. The van der Waals surface area contributed by atoms with E-state index in [9.17, 15) is 14.4 Å². The van der Waals surface area contributed by atoms with Crippen molar-refractivity contribution in [1.29, 1.82) is 0 Å². The summed E-state index contributed by atoms with van der Waals surface area (Å²) in [6, 6.07) is 15.4. The van der Waals surface area contributed by atoms with Crippen molar-refractivity contribution >= 4 is 23.5 Å². The second-order valence-corrected chi connectivity index (χ2v) is 8.00. The Bertz CT molecular complexity index is 926. The lowest BCUT2D eigenvalue weighted by atomic mass is 9.84. The molecule has 6 heteroatoms. The van der Waals surface area contributed by atoms with Gasteiger partial charge >= 0.3 is 5.97 Å². The molecule has 1 heterocycles. The third-order valence-electron chi connectivity index (χ3n) is 6.22. The molecule has 0 spiro atoms. The summed E-state index contributed by atoms with van der Waals surface area (Å²) >= 11 is 0. The highest BCUT2D eigenvalue weighted by molar-refractivity contribution is 6.02. The SMILES string of the molecule is COC(=O)c1ccc(NC(=O)C2CC3CCCCC3N2C(=O)c2ccccc2)cc1. The number of nitrogens with zero attached hydrogens (tertiary/aromatic N) is 1. The van der Waals surface area contributed by atoms with Crippen LogP contribution in [-0.4, -0.2) is 41.9 Å². The third kappa shape index (κ3) is 3.95. The molecule has 2 aromatic rings. The van der Waals surface area contributed by atoms with Gasteiger partial charge in [-0.1, -0.05) is 31.0 Å². The number of carbonyl (C=O) groups is 3. The maximum Gasteiger partial charge on any atom is 0.337 e. The van der Waals surface area contributed by atoms with E-state index >= 15 is 0 Å². The molecular formula is C24H26N2O4. The Balaban J connectivity index is 1.55. The fourth-order valence-electron chi connectivity index (χ4n) is 4.75. The van der Waals surface area contributed by atoms with Crippen LogP contribution in [0, 0.1) is 5.92 Å². The molecule has 4 rings (SSSR count). The number of rotatable bonds is 4. The Morgan fingerprint density at radius 3 is 2.33 bits per heavy atom. The van der Waals surface area contributed by atoms with E-state index in [0.717, 1.165) is 25.7 Å². The number of carbonyl (C=O) groups excluding carboxylic acids is 3. The third-order valence-corrected chi connectivity index (χ3v) is 6.22. The van der Waals surface area contributed by atoms with E-state index in [-0.39, 0.29) is 17.9 Å². The van der Waals surface area contributed by atoms with Crippen molar-refractivity contribution in [3.63, 3.8) is 0 Å². The summed E-state index contributed by atoms with van der Waals surface area (Å²) in [7, 11) is 1.33. The lowest BCUT2D eigenvalue weighted by Gasteiger charge is -2.33. The van der Waals surface area contributed by atoms with Gasteiger partial charge in [0.15, 0.2) is 0 Å². The zero-order chi connectivity index (χ0) is 21.1. The quantitative estimate of drug-likeness (QED) is 0.782. The predicted octanol–water partition coefficient (Wildman–Crippen LogP) is 3.89. The molecule has 3 atom stereocenters. The van der Waals surface area contributed by atoms with E-state index in [2.05, 4.69) is 5.32 Å². The van der Waals surface area contributed by atoms with Gasteiger partial charge in [0.1, 0.15) is 6.04 Å². The van der Waals surface area contributed by atoms with E-state index < -0.39 is 12.0 Å². The number of anilines is 1. The van der Waals surface area contributed by atoms with Gasteiger partial charge in [-0.2, -0.15) is 0 Å². The molecule has 30 heavy (non-hydrogen) atoms. The van der Waals surface area contributed by atoms with E-state index in [4.69, 9.17) is 4.74 Å². The Labute approximate surface area is 176 Å². The van der Waals surface area contributed by atoms with Crippen LogP contribution in [0.2, 0.25) is 0 Å². The Morgan fingerprint density at radius 2 is 1.63 bits per heavy atom. The Kier molecular flexibility index (Phi) is 5.84. The number of hydrogen-bond donors (Lipinski definition) is 1. The molecule has 2 aromatic carbocycles. The molecule has 0 aromatic heterocycles. The summed E-state index contributed by atoms with van der Waals surface area (Å²) in [5.74, 6) is -0.318. The largest absolute Gasteiger partial charge is 0.465 e. The number of hydrogen-bond acceptors (Lipinski definition) is 4. The summed E-state index contributed by atoms with van der Waals surface area (Å²) in [6.45, 7) is 0. The minimum absolute atomic E-state index is 0.0776. The van der Waals surface area contributed by atoms with Gasteiger partial charge in [-0.25, -0.2) is 4.79 Å². The molecular weight excluding hydrogens is 380 g/mol. The molecule has 2 fully saturated rings. The first-order valence-corrected chi connectivity index (χ1v) is 10.5. The molecule has 0 radical (unpaired) electrons. The van der Waals surface area contributed by atoms with Crippen molar-refractivity contribution in [3.8, 4) is 0 Å². The first-order chi connectivity index (χ1) is 14.6. The highest BCUT2D eigenvalue weighted by Crippen LogP contribution is 2.40. The van der Waals surface area contributed by atoms with Crippen molar-refractivity contribution < 1.29 is 19.1 Å². The molecule has 2 aliphatic rings. The zero-order valence-corrected chi connectivity index (χ0v) is 17.0. The van der Waals surface area contributed by atoms with Gasteiger partial charge in [0.05, 0.1) is 12.7 Å². The van der Waals surface area contributed by atoms with Gasteiger partial charge in [0, 0.05) is 17.3 Å². The second-order valence-electron chi connectivity index (χ2n) is 8.00. The lowest BCUT2D eigenvalue weighted by molar-refractivity contribution is -0.120. The summed E-state index contributed by atoms with van der Waals surface area (Å²) in [4.78, 5) is 39.9. The first-order valence-electron chi connectivity index (χ1n) is 10.5. The van der Waals surface area contributed by atoms with Gasteiger partial charge < -0.3 is 15.0 Å². The van der Waals surface area contributed by atoms with Gasteiger partial charge in [-0.15, -0.1) is 0 Å². The molecule has 2 amide bonds. The van der Waals surface area contributed by atoms with E-state index in [1.54, 1.807) is 36.4 Å². The molecule has 1 aliphatic carbocycles. The standard InChI is InChI=1S/C24H26N2O4/c1-30-24(29)17-11-13-19(14-12-17)25-22(27)21-15-18-9-5-6-10-20(18)26(21)23(28)16-7-3-2-4-8-16/h2-4,7-8,11-14,18,20-21H,5-6,9-10,15H2,1H3,(H,25,27). The first kappa shape index (κ1) is 20.1. The van der Waals surface area contributed by atoms with Crippen LogP contribution in [0.15, 0.2) is 54.6 Å². The summed E-state index contributed by atoms with van der Waals surface area (Å²) in [5, 5.41) is 2.93. The number of amides is 2. The normalized spacial score (nSPS) is 22.8. The smallest absolute Gasteiger partial charge is 0.337 e. The number of ether oxygens (including phenoxy) is 1. The average molecular weight is 406 g/mol. The molecule has 1 aliphatic heterocycles. The zero-order valence-electron chi connectivity index (χ0n) is 17.0. The number of methoxy groups -OCH3 is 1. The fourth-order valence-corrected chi connectivity index (χ4v) is 4.75. The van der Waals surface area contributed by atoms with Crippen molar-refractivity contribution in [1.82, 2.24) is 4.90 Å². The Morgan fingerprint density at radius 1 is 0.933 bits per heavy atom. The average Bonchev–Trinajstić information content (AvgIpc) is 3.19. The van der Waals surface area contributed by atoms with Gasteiger partial charge in [-0.05, 0) is 61.6 Å². The van der Waals surface area contributed by atoms with Crippen LogP contribution < -0.4 is 5.32 Å². The van der Waals surface area contributed by atoms with Crippen molar-refractivity contribution in [3.05, 3.63) is 65.7 Å². The molecule has 1 N–H and O–H groups in total. The van der Waals surface area contributed by atoms with E-state index in [1.807, 2.05) is 23.1 Å². The molecule has 0 bridgehead atoms. The van der Waals surface area contributed by atoms with Crippen LogP contribution in [0.1, 0.15) is 52.8 Å². The molecule has 156 valence electrons. The highest BCUT2D eigenvalue weighted by Gasteiger charge is 2.47. The van der Waals surface area contributed by atoms with Gasteiger partial charge in [-0.3, -0.25) is 9.59 Å². The summed E-state index contributed by atoms with van der Waals surface area (Å²) in [6.07, 6.45) is 4.93. The van der Waals surface area contributed by atoms with Crippen molar-refractivity contribution in [2.45, 2.75) is 44.2 Å². The maximum atomic E-state index is 13.3. The van der Waals surface area contributed by atoms with Crippen molar-refractivity contribution in [2.75, 3.05) is 12.4 Å². The molecule has 1 saturated heterocycles. The number of esters is 1. The molecule has 3 unspecified atom stereocenters. The molecule has 6 nitrogen and oxygen atoms in total. The van der Waals surface area contributed by atoms with Crippen molar-refractivity contribution in [2.24, 2.45) is 5.92 Å². The highest BCUT2D eigenvalue weighted by atomic mass is 16.5. The lowest BCUT2D eigenvalue weighted by Crippen LogP contribution is -2.47. The topological polar surface area (TPSA) is 75.7 Å². The van der Waals surface area contributed by atoms with Crippen LogP contribution in [0.4, 0.5) is 5.69 Å². The van der Waals surface area contributed by atoms with Crippen LogP contribution in [-0.2, 0) is 9.53 Å². The second kappa shape index (κ2) is 8.69. The minimum atomic E-state index is -0.494. The van der Waals surface area contributed by atoms with E-state index in [1.165, 1.54) is 7.11 Å². The van der Waals surface area contributed by atoms with Crippen LogP contribution in [0.3, 0.4) is 0 Å². The van der Waals surface area contributed by atoms with Crippen LogP contribution in [0.25, 0.3) is 0 Å². The minimum Gasteiger partial charge on any atom is -0.465 e. The van der Waals surface area contributed by atoms with Crippen LogP contribution in [0.5, 0.6) is 0 Å². The monoisotopic (exact) mass is 406 g/mol. The number of likely N-dealkylation sites (tertiary alicyclic amines) is 1. The molecule has 1 saturated carbocycles. The van der Waals surface area contributed by atoms with Gasteiger partial charge in [0.25, 0.3) is 5.91 Å². The summed E-state index contributed by atoms with van der Waals surface area (Å²) < 4.78 is 4.70. The van der Waals surface area contributed by atoms with E-state index in [0.29, 0.717) is 29.2 Å². The number of nitrogens with one attached hydrogen (secondary N) is 1. The number of fused-ring (bicyclic) bond motifs is 1. The number of benzene rings is 2.